The fourth-order valence-electron chi connectivity index (χ4n) is 1.67. The third-order valence-corrected chi connectivity index (χ3v) is 3.89. The van der Waals surface area contributed by atoms with Crippen LogP contribution in [0.4, 0.5) is 5.69 Å². The van der Waals surface area contributed by atoms with Crippen molar-refractivity contribution >= 4 is 17.0 Å². The number of non-ortho nitro benzene ring substituents is 1. The summed E-state index contributed by atoms with van der Waals surface area (Å²) in [6.45, 7) is 3.50. The van der Waals surface area contributed by atoms with E-state index in [9.17, 15) is 15.2 Å². The van der Waals surface area contributed by atoms with Gasteiger partial charge in [0.15, 0.2) is 0 Å². The van der Waals surface area contributed by atoms with Gasteiger partial charge in [-0.05, 0) is 13.8 Å². The number of hydrogen-bond acceptors (Lipinski definition) is 5. The zero-order valence-corrected chi connectivity index (χ0v) is 10.8. The monoisotopic (exact) mass is 264 g/mol. The number of hydrogen-bond donors (Lipinski definition) is 1. The zero-order valence-electron chi connectivity index (χ0n) is 9.95. The minimum absolute atomic E-state index is 0.0407. The molecule has 1 N–H and O–H groups in total. The van der Waals surface area contributed by atoms with Gasteiger partial charge in [0.05, 0.1) is 21.6 Å². The molecule has 1 aromatic heterocycles. The SMILES string of the molecule is Cc1nc(-c2cccc([N+](=O)[O-])c2)sc1C(C)O. The van der Waals surface area contributed by atoms with E-state index >= 15 is 0 Å². The molecule has 2 rings (SSSR count). The van der Waals surface area contributed by atoms with Crippen LogP contribution in [0.5, 0.6) is 0 Å². The summed E-state index contributed by atoms with van der Waals surface area (Å²) in [6.07, 6.45) is -0.574. The molecule has 94 valence electrons. The van der Waals surface area contributed by atoms with Crippen molar-refractivity contribution in [1.29, 1.82) is 0 Å². The van der Waals surface area contributed by atoms with Crippen LogP contribution < -0.4 is 0 Å². The molecule has 1 atom stereocenters. The molecule has 5 nitrogen and oxygen atoms in total. The molecule has 0 amide bonds. The van der Waals surface area contributed by atoms with E-state index in [1.165, 1.54) is 23.5 Å². The highest BCUT2D eigenvalue weighted by molar-refractivity contribution is 7.15. The van der Waals surface area contributed by atoms with Gasteiger partial charge < -0.3 is 5.11 Å². The molecular weight excluding hydrogens is 252 g/mol. The van der Waals surface area contributed by atoms with Crippen molar-refractivity contribution in [2.24, 2.45) is 0 Å². The topological polar surface area (TPSA) is 76.3 Å². The maximum absolute atomic E-state index is 10.7. The van der Waals surface area contributed by atoms with Crippen molar-refractivity contribution in [3.05, 3.63) is 45.0 Å². The molecule has 1 unspecified atom stereocenters. The maximum Gasteiger partial charge on any atom is 0.270 e. The molecule has 0 saturated heterocycles. The standard InChI is InChI=1S/C12H12N2O3S/c1-7-11(8(2)15)18-12(13-7)9-4-3-5-10(6-9)14(16)17/h3-6,8,15H,1-2H3. The summed E-state index contributed by atoms with van der Waals surface area (Å²) in [5, 5.41) is 21.0. The van der Waals surface area contributed by atoms with Crippen LogP contribution in [0, 0.1) is 17.0 Å². The molecule has 0 aliphatic carbocycles. The van der Waals surface area contributed by atoms with Crippen LogP contribution in [0.3, 0.4) is 0 Å². The Hall–Kier alpha value is -1.79. The minimum Gasteiger partial charge on any atom is -0.388 e. The molecule has 0 aliphatic rings. The van der Waals surface area contributed by atoms with Gasteiger partial charge in [-0.1, -0.05) is 12.1 Å². The molecule has 1 heterocycles. The summed E-state index contributed by atoms with van der Waals surface area (Å²) in [5.74, 6) is 0. The van der Waals surface area contributed by atoms with Crippen molar-refractivity contribution in [2.45, 2.75) is 20.0 Å². The number of rotatable bonds is 3. The van der Waals surface area contributed by atoms with E-state index in [-0.39, 0.29) is 5.69 Å². The first-order valence-corrected chi connectivity index (χ1v) is 6.21. The van der Waals surface area contributed by atoms with Gasteiger partial charge in [-0.15, -0.1) is 11.3 Å². The third kappa shape index (κ3) is 2.39. The molecule has 0 aliphatic heterocycles. The fourth-order valence-corrected chi connectivity index (χ4v) is 2.67. The molecule has 18 heavy (non-hydrogen) atoms. The van der Waals surface area contributed by atoms with Gasteiger partial charge >= 0.3 is 0 Å². The fraction of sp³-hybridized carbons (Fsp3) is 0.250. The summed E-state index contributed by atoms with van der Waals surface area (Å²) in [5.41, 5.74) is 1.50. The average Bonchev–Trinajstić information content (AvgIpc) is 2.71. The Labute approximate surface area is 108 Å². The van der Waals surface area contributed by atoms with E-state index in [0.717, 1.165) is 10.6 Å². The van der Waals surface area contributed by atoms with Crippen molar-refractivity contribution in [3.8, 4) is 10.6 Å². The molecule has 0 spiro atoms. The van der Waals surface area contributed by atoms with Crippen LogP contribution in [-0.2, 0) is 0 Å². The van der Waals surface area contributed by atoms with E-state index in [4.69, 9.17) is 0 Å². The smallest absolute Gasteiger partial charge is 0.270 e. The Morgan fingerprint density at radius 2 is 2.22 bits per heavy atom. The third-order valence-electron chi connectivity index (χ3n) is 2.52. The van der Waals surface area contributed by atoms with Crippen LogP contribution in [0.2, 0.25) is 0 Å². The summed E-state index contributed by atoms with van der Waals surface area (Å²) < 4.78 is 0. The average molecular weight is 264 g/mol. The second-order valence-electron chi connectivity index (χ2n) is 3.95. The maximum atomic E-state index is 10.7. The number of aromatic nitrogens is 1. The Kier molecular flexibility index (Phi) is 3.40. The Morgan fingerprint density at radius 1 is 1.50 bits per heavy atom. The lowest BCUT2D eigenvalue weighted by atomic mass is 10.2. The molecule has 6 heteroatoms. The van der Waals surface area contributed by atoms with Crippen LogP contribution >= 0.6 is 11.3 Å². The van der Waals surface area contributed by atoms with Gasteiger partial charge in [0.1, 0.15) is 5.01 Å². The van der Waals surface area contributed by atoms with Gasteiger partial charge in [-0.2, -0.15) is 0 Å². The zero-order chi connectivity index (χ0) is 13.3. The Bertz CT molecular complexity index is 593. The Morgan fingerprint density at radius 3 is 2.78 bits per heavy atom. The van der Waals surface area contributed by atoms with E-state index in [1.807, 2.05) is 6.92 Å². The predicted molar refractivity (Wildman–Crippen MR) is 69.6 cm³/mol. The Balaban J connectivity index is 2.45. The van der Waals surface area contributed by atoms with Crippen LogP contribution in [0.1, 0.15) is 23.6 Å². The number of thiazole rings is 1. The number of nitro groups is 1. The van der Waals surface area contributed by atoms with Crippen LogP contribution in [-0.4, -0.2) is 15.0 Å². The second-order valence-corrected chi connectivity index (χ2v) is 4.98. The molecule has 0 fully saturated rings. The number of aryl methyl sites for hydroxylation is 1. The number of aliphatic hydroxyl groups excluding tert-OH is 1. The molecule has 0 saturated carbocycles. The van der Waals surface area contributed by atoms with Crippen molar-refractivity contribution in [1.82, 2.24) is 4.98 Å². The highest BCUT2D eigenvalue weighted by Crippen LogP contribution is 2.32. The van der Waals surface area contributed by atoms with Gasteiger partial charge in [0, 0.05) is 17.7 Å². The van der Waals surface area contributed by atoms with E-state index < -0.39 is 11.0 Å². The van der Waals surface area contributed by atoms with Crippen LogP contribution in [0.15, 0.2) is 24.3 Å². The summed E-state index contributed by atoms with van der Waals surface area (Å²) in [4.78, 5) is 15.4. The number of aliphatic hydroxyl groups is 1. The van der Waals surface area contributed by atoms with Crippen molar-refractivity contribution < 1.29 is 10.0 Å². The van der Waals surface area contributed by atoms with Gasteiger partial charge in [0.25, 0.3) is 5.69 Å². The summed E-state index contributed by atoms with van der Waals surface area (Å²) in [7, 11) is 0. The quantitative estimate of drug-likeness (QED) is 0.682. The van der Waals surface area contributed by atoms with E-state index in [1.54, 1.807) is 19.1 Å². The molecule has 2 aromatic rings. The first-order chi connectivity index (χ1) is 8.49. The highest BCUT2D eigenvalue weighted by Gasteiger charge is 2.15. The minimum atomic E-state index is -0.574. The lowest BCUT2D eigenvalue weighted by Gasteiger charge is -1.98. The van der Waals surface area contributed by atoms with Crippen molar-refractivity contribution in [3.63, 3.8) is 0 Å². The second kappa shape index (κ2) is 4.83. The highest BCUT2D eigenvalue weighted by atomic mass is 32.1. The van der Waals surface area contributed by atoms with Gasteiger partial charge in [-0.3, -0.25) is 10.1 Å². The number of nitro benzene ring substituents is 1. The van der Waals surface area contributed by atoms with Gasteiger partial charge in [-0.25, -0.2) is 4.98 Å². The summed E-state index contributed by atoms with van der Waals surface area (Å²) >= 11 is 1.36. The van der Waals surface area contributed by atoms with E-state index in [0.29, 0.717) is 10.6 Å². The molecule has 1 aromatic carbocycles. The molecule has 0 bridgehead atoms. The number of nitrogens with zero attached hydrogens (tertiary/aromatic N) is 2. The first-order valence-electron chi connectivity index (χ1n) is 5.39. The lowest BCUT2D eigenvalue weighted by molar-refractivity contribution is -0.384. The molecule has 0 radical (unpaired) electrons. The van der Waals surface area contributed by atoms with E-state index in [2.05, 4.69) is 4.98 Å². The largest absolute Gasteiger partial charge is 0.388 e. The van der Waals surface area contributed by atoms with Crippen molar-refractivity contribution in [2.75, 3.05) is 0 Å². The lowest BCUT2D eigenvalue weighted by Crippen LogP contribution is -1.88. The van der Waals surface area contributed by atoms with Gasteiger partial charge in [0.2, 0.25) is 0 Å². The first kappa shape index (κ1) is 12.7. The predicted octanol–water partition coefficient (Wildman–Crippen LogP) is 3.08. The van der Waals surface area contributed by atoms with Crippen LogP contribution in [0.25, 0.3) is 10.6 Å². The molecular formula is C12H12N2O3S. The normalized spacial score (nSPS) is 12.4. The number of benzene rings is 1. The summed E-state index contributed by atoms with van der Waals surface area (Å²) in [6, 6.07) is 6.34.